The summed E-state index contributed by atoms with van der Waals surface area (Å²) in [5.74, 6) is 0.308. The van der Waals surface area contributed by atoms with Crippen molar-refractivity contribution < 1.29 is 14.3 Å². The van der Waals surface area contributed by atoms with E-state index in [1.165, 1.54) is 0 Å². The molecule has 1 aromatic heterocycles. The lowest BCUT2D eigenvalue weighted by Crippen LogP contribution is -2.50. The number of ether oxygens (including phenoxy) is 1. The predicted molar refractivity (Wildman–Crippen MR) is 128 cm³/mol. The minimum Gasteiger partial charge on any atom is -0.444 e. The quantitative estimate of drug-likeness (QED) is 0.763. The first-order valence-corrected chi connectivity index (χ1v) is 11.0. The van der Waals surface area contributed by atoms with Crippen LogP contribution in [0, 0.1) is 0 Å². The van der Waals surface area contributed by atoms with Gasteiger partial charge in [-0.15, -0.1) is 0 Å². The second-order valence-corrected chi connectivity index (χ2v) is 8.87. The number of pyridine rings is 1. The number of nitrogens with one attached hydrogen (secondary N) is 1. The third-order valence-electron chi connectivity index (χ3n) is 5.33. The number of anilines is 3. The summed E-state index contributed by atoms with van der Waals surface area (Å²) < 4.78 is 5.44. The van der Waals surface area contributed by atoms with E-state index in [9.17, 15) is 9.59 Å². The van der Waals surface area contributed by atoms with Crippen LogP contribution in [0.5, 0.6) is 0 Å². The average molecular weight is 440 g/mol. The Kier molecular flexibility index (Phi) is 7.22. The van der Waals surface area contributed by atoms with Crippen molar-refractivity contribution in [2.45, 2.75) is 33.3 Å². The van der Waals surface area contributed by atoms with E-state index in [1.54, 1.807) is 17.2 Å². The molecule has 8 heteroatoms. The number of carbonyl (C=O) groups excluding carboxylic acids is 2. The molecule has 1 saturated heterocycles. The van der Waals surface area contributed by atoms with Crippen molar-refractivity contribution >= 4 is 29.2 Å². The molecule has 0 bridgehead atoms. The number of amides is 2. The molecule has 2 heterocycles. The second kappa shape index (κ2) is 9.89. The van der Waals surface area contributed by atoms with Crippen molar-refractivity contribution in [2.24, 2.45) is 0 Å². The highest BCUT2D eigenvalue weighted by molar-refractivity contribution is 6.04. The Balaban J connectivity index is 1.53. The maximum absolute atomic E-state index is 12.5. The maximum atomic E-state index is 12.5. The van der Waals surface area contributed by atoms with E-state index < -0.39 is 5.60 Å². The highest BCUT2D eigenvalue weighted by atomic mass is 16.6. The highest BCUT2D eigenvalue weighted by Crippen LogP contribution is 2.19. The van der Waals surface area contributed by atoms with Gasteiger partial charge in [-0.05, 0) is 64.1 Å². The van der Waals surface area contributed by atoms with Gasteiger partial charge in [-0.25, -0.2) is 9.78 Å². The van der Waals surface area contributed by atoms with Gasteiger partial charge in [0.05, 0.1) is 11.9 Å². The second-order valence-electron chi connectivity index (χ2n) is 8.87. The molecule has 1 N–H and O–H groups in total. The molecule has 1 fully saturated rings. The minimum absolute atomic E-state index is 0.193. The topological polar surface area (TPSA) is 78.0 Å². The summed E-state index contributed by atoms with van der Waals surface area (Å²) >= 11 is 0. The molecular formula is C24H33N5O3. The number of hydrogen-bond donors (Lipinski definition) is 1. The summed E-state index contributed by atoms with van der Waals surface area (Å²) in [5.41, 5.74) is 2.12. The fourth-order valence-electron chi connectivity index (χ4n) is 3.36. The largest absolute Gasteiger partial charge is 0.444 e. The lowest BCUT2D eigenvalue weighted by molar-refractivity contribution is 0.0240. The first-order valence-electron chi connectivity index (χ1n) is 11.0. The molecular weight excluding hydrogens is 406 g/mol. The number of rotatable bonds is 5. The normalized spacial score (nSPS) is 14.2. The summed E-state index contributed by atoms with van der Waals surface area (Å²) in [5, 5.41) is 2.84. The van der Waals surface area contributed by atoms with Crippen molar-refractivity contribution in [1.82, 2.24) is 9.88 Å². The minimum atomic E-state index is -0.494. The number of carbonyl (C=O) groups is 2. The Morgan fingerprint density at radius 3 is 2.25 bits per heavy atom. The van der Waals surface area contributed by atoms with E-state index in [0.717, 1.165) is 17.9 Å². The van der Waals surface area contributed by atoms with Gasteiger partial charge in [0, 0.05) is 51.0 Å². The van der Waals surface area contributed by atoms with E-state index in [0.29, 0.717) is 37.6 Å². The molecule has 1 aliphatic heterocycles. The molecule has 2 amide bonds. The fraction of sp³-hybridized carbons (Fsp3) is 0.458. The molecule has 172 valence electrons. The monoisotopic (exact) mass is 439 g/mol. The molecule has 0 saturated carbocycles. The molecule has 1 aliphatic rings. The van der Waals surface area contributed by atoms with Gasteiger partial charge in [0.25, 0.3) is 5.91 Å². The Bertz CT molecular complexity index is 914. The van der Waals surface area contributed by atoms with Gasteiger partial charge in [0.2, 0.25) is 0 Å². The molecule has 32 heavy (non-hydrogen) atoms. The lowest BCUT2D eigenvalue weighted by Gasteiger charge is -2.36. The fourth-order valence-corrected chi connectivity index (χ4v) is 3.36. The molecule has 0 atom stereocenters. The van der Waals surface area contributed by atoms with Gasteiger partial charge < -0.3 is 24.8 Å². The van der Waals surface area contributed by atoms with Gasteiger partial charge in [-0.2, -0.15) is 0 Å². The zero-order chi connectivity index (χ0) is 23.3. The molecule has 8 nitrogen and oxygen atoms in total. The van der Waals surface area contributed by atoms with Gasteiger partial charge in [0.15, 0.2) is 0 Å². The summed E-state index contributed by atoms with van der Waals surface area (Å²) in [6.45, 7) is 11.2. The van der Waals surface area contributed by atoms with Crippen molar-refractivity contribution in [2.75, 3.05) is 54.9 Å². The van der Waals surface area contributed by atoms with Gasteiger partial charge >= 0.3 is 6.09 Å². The number of piperazine rings is 1. The van der Waals surface area contributed by atoms with Gasteiger partial charge in [0.1, 0.15) is 11.4 Å². The van der Waals surface area contributed by atoms with Crippen LogP contribution >= 0.6 is 0 Å². The molecule has 1 aromatic carbocycles. The Morgan fingerprint density at radius 2 is 1.72 bits per heavy atom. The SMILES string of the molecule is CCN(C)c1ccc(C(=O)Nc2ccc(N3CCN(C(=O)OC(C)(C)C)CC3)cn2)cc1. The van der Waals surface area contributed by atoms with Crippen LogP contribution in [0.15, 0.2) is 42.6 Å². The van der Waals surface area contributed by atoms with Crippen LogP contribution < -0.4 is 15.1 Å². The standard InChI is InChI=1S/C24H33N5O3/c1-6-27(5)19-9-7-18(8-10-19)22(30)26-21-12-11-20(17-25-21)28-13-15-29(16-14-28)23(31)32-24(2,3)4/h7-12,17H,6,13-16H2,1-5H3,(H,25,26,30). The van der Waals surface area contributed by atoms with E-state index in [1.807, 2.05) is 58.2 Å². The Hall–Kier alpha value is -3.29. The van der Waals surface area contributed by atoms with Crippen LogP contribution in [0.1, 0.15) is 38.1 Å². The number of aromatic nitrogens is 1. The first kappa shape index (κ1) is 23.4. The molecule has 0 aliphatic carbocycles. The number of hydrogen-bond acceptors (Lipinski definition) is 6. The summed E-state index contributed by atoms with van der Waals surface area (Å²) in [4.78, 5) is 35.1. The predicted octanol–water partition coefficient (Wildman–Crippen LogP) is 3.85. The molecule has 0 spiro atoms. The van der Waals surface area contributed by atoms with Gasteiger partial charge in [-0.3, -0.25) is 4.79 Å². The number of benzene rings is 1. The smallest absolute Gasteiger partial charge is 0.410 e. The summed E-state index contributed by atoms with van der Waals surface area (Å²) in [6.07, 6.45) is 1.47. The van der Waals surface area contributed by atoms with Crippen LogP contribution in [0.4, 0.5) is 22.0 Å². The van der Waals surface area contributed by atoms with Crippen LogP contribution in [0.3, 0.4) is 0 Å². The zero-order valence-electron chi connectivity index (χ0n) is 19.6. The molecule has 2 aromatic rings. The lowest BCUT2D eigenvalue weighted by atomic mass is 10.2. The van der Waals surface area contributed by atoms with Crippen LogP contribution in [0.2, 0.25) is 0 Å². The molecule has 0 unspecified atom stereocenters. The molecule has 0 radical (unpaired) electrons. The van der Waals surface area contributed by atoms with E-state index in [2.05, 4.69) is 27.0 Å². The summed E-state index contributed by atoms with van der Waals surface area (Å²) in [6, 6.07) is 11.2. The Morgan fingerprint density at radius 1 is 1.06 bits per heavy atom. The maximum Gasteiger partial charge on any atom is 0.410 e. The Labute approximate surface area is 190 Å². The highest BCUT2D eigenvalue weighted by Gasteiger charge is 2.26. The number of nitrogens with zero attached hydrogens (tertiary/aromatic N) is 4. The van der Waals surface area contributed by atoms with Crippen molar-refractivity contribution in [1.29, 1.82) is 0 Å². The van der Waals surface area contributed by atoms with Crippen LogP contribution in [-0.2, 0) is 4.74 Å². The van der Waals surface area contributed by atoms with Crippen LogP contribution in [-0.4, -0.2) is 67.3 Å². The summed E-state index contributed by atoms with van der Waals surface area (Å²) in [7, 11) is 2.01. The zero-order valence-corrected chi connectivity index (χ0v) is 19.6. The van der Waals surface area contributed by atoms with Crippen molar-refractivity contribution in [3.05, 3.63) is 48.2 Å². The first-order chi connectivity index (χ1) is 15.2. The van der Waals surface area contributed by atoms with Crippen molar-refractivity contribution in [3.8, 4) is 0 Å². The average Bonchev–Trinajstić information content (AvgIpc) is 2.78. The van der Waals surface area contributed by atoms with Crippen molar-refractivity contribution in [3.63, 3.8) is 0 Å². The van der Waals surface area contributed by atoms with Gasteiger partial charge in [-0.1, -0.05) is 0 Å². The third-order valence-corrected chi connectivity index (χ3v) is 5.33. The molecule has 3 rings (SSSR count). The third kappa shape index (κ3) is 6.12. The van der Waals surface area contributed by atoms with E-state index in [4.69, 9.17) is 4.74 Å². The van der Waals surface area contributed by atoms with Crippen LogP contribution in [0.25, 0.3) is 0 Å². The van der Waals surface area contributed by atoms with E-state index >= 15 is 0 Å². The van der Waals surface area contributed by atoms with E-state index in [-0.39, 0.29) is 12.0 Å².